The minimum atomic E-state index is 0.288. The van der Waals surface area contributed by atoms with E-state index in [1.165, 1.54) is 12.8 Å². The number of unbranched alkanes of at least 4 members (excludes halogenated alkanes) is 1. The number of ether oxygens (including phenoxy) is 1. The highest BCUT2D eigenvalue weighted by molar-refractivity contribution is 7.98. The highest BCUT2D eigenvalue weighted by atomic mass is 32.2. The van der Waals surface area contributed by atoms with Gasteiger partial charge >= 0.3 is 0 Å². The van der Waals surface area contributed by atoms with Gasteiger partial charge in [0.15, 0.2) is 5.82 Å². The van der Waals surface area contributed by atoms with Crippen molar-refractivity contribution in [2.24, 2.45) is 0 Å². The highest BCUT2D eigenvalue weighted by Crippen LogP contribution is 2.29. The summed E-state index contributed by atoms with van der Waals surface area (Å²) in [6.45, 7) is 4.20. The number of nitrogens with one attached hydrogen (secondary N) is 2. The number of anilines is 2. The molecule has 0 bridgehead atoms. The van der Waals surface area contributed by atoms with Gasteiger partial charge in [0.2, 0.25) is 5.95 Å². The number of methoxy groups -OCH3 is 1. The van der Waals surface area contributed by atoms with Crippen LogP contribution in [-0.2, 0) is 12.8 Å². The van der Waals surface area contributed by atoms with E-state index < -0.39 is 0 Å². The second kappa shape index (κ2) is 12.4. The van der Waals surface area contributed by atoms with E-state index in [4.69, 9.17) is 10.5 Å². The molecule has 33 heavy (non-hydrogen) atoms. The van der Waals surface area contributed by atoms with E-state index in [9.17, 15) is 0 Å². The standard InChI is InChI=1S/C23H34N8OS/c1-5-6-7-18(10-11-33-4)26-22-19(15(2)25-23(24)27-22)14-17-12-16(8-9-20(17)32-3)13-21-28-30-31-29-21/h8-9,12,18H,5-7,10-11,13-14H2,1-4H3,(H3,24,25,26,27)(H,28,29,30,31)/t18-/m0/s1. The molecule has 0 aliphatic carbocycles. The molecule has 0 radical (unpaired) electrons. The molecule has 3 aromatic rings. The number of hydrogen-bond donors (Lipinski definition) is 3. The number of aromatic amines is 1. The van der Waals surface area contributed by atoms with Crippen LogP contribution in [0.15, 0.2) is 18.2 Å². The van der Waals surface area contributed by atoms with Gasteiger partial charge in [-0.15, -0.1) is 10.2 Å². The van der Waals surface area contributed by atoms with Gasteiger partial charge in [-0.1, -0.05) is 37.1 Å². The summed E-state index contributed by atoms with van der Waals surface area (Å²) in [7, 11) is 1.69. The molecule has 0 unspecified atom stereocenters. The van der Waals surface area contributed by atoms with Gasteiger partial charge in [0.05, 0.1) is 7.11 Å². The number of rotatable bonds is 13. The fourth-order valence-electron chi connectivity index (χ4n) is 3.85. The number of benzene rings is 1. The van der Waals surface area contributed by atoms with E-state index in [0.717, 1.165) is 52.5 Å². The Morgan fingerprint density at radius 1 is 1.21 bits per heavy atom. The Hall–Kier alpha value is -2.88. The molecule has 0 aliphatic heterocycles. The second-order valence-electron chi connectivity index (χ2n) is 8.09. The predicted molar refractivity (Wildman–Crippen MR) is 134 cm³/mol. The average Bonchev–Trinajstić information content (AvgIpc) is 3.31. The summed E-state index contributed by atoms with van der Waals surface area (Å²) in [5, 5.41) is 18.0. The topological polar surface area (TPSA) is 128 Å². The van der Waals surface area contributed by atoms with E-state index in [0.29, 0.717) is 24.7 Å². The molecule has 2 aromatic heterocycles. The van der Waals surface area contributed by atoms with Crippen LogP contribution in [0.2, 0.25) is 0 Å². The molecule has 0 spiro atoms. The van der Waals surface area contributed by atoms with Crippen LogP contribution < -0.4 is 15.8 Å². The first-order chi connectivity index (χ1) is 16.0. The summed E-state index contributed by atoms with van der Waals surface area (Å²) >= 11 is 1.86. The maximum Gasteiger partial charge on any atom is 0.222 e. The molecule has 4 N–H and O–H groups in total. The van der Waals surface area contributed by atoms with Crippen LogP contribution >= 0.6 is 11.8 Å². The molecule has 9 nitrogen and oxygen atoms in total. The third kappa shape index (κ3) is 7.05. The summed E-state index contributed by atoms with van der Waals surface area (Å²) < 4.78 is 5.66. The molecule has 10 heteroatoms. The number of nitrogen functional groups attached to an aromatic ring is 1. The van der Waals surface area contributed by atoms with Crippen molar-refractivity contribution in [1.82, 2.24) is 30.6 Å². The lowest BCUT2D eigenvalue weighted by Gasteiger charge is -2.22. The van der Waals surface area contributed by atoms with Gasteiger partial charge in [-0.3, -0.25) is 0 Å². The molecule has 0 saturated carbocycles. The monoisotopic (exact) mass is 470 g/mol. The Bertz CT molecular complexity index is 1000. The fourth-order valence-corrected chi connectivity index (χ4v) is 4.37. The minimum absolute atomic E-state index is 0.288. The van der Waals surface area contributed by atoms with Crippen molar-refractivity contribution in [3.05, 3.63) is 46.4 Å². The Kier molecular flexibility index (Phi) is 9.29. The van der Waals surface area contributed by atoms with E-state index >= 15 is 0 Å². The summed E-state index contributed by atoms with van der Waals surface area (Å²) in [6.07, 6.45) is 7.87. The first-order valence-electron chi connectivity index (χ1n) is 11.3. The predicted octanol–water partition coefficient (Wildman–Crippen LogP) is 3.79. The van der Waals surface area contributed by atoms with Gasteiger partial charge in [0, 0.05) is 30.1 Å². The van der Waals surface area contributed by atoms with Crippen molar-refractivity contribution >= 4 is 23.5 Å². The number of aromatic nitrogens is 6. The van der Waals surface area contributed by atoms with E-state index in [1.807, 2.05) is 30.8 Å². The van der Waals surface area contributed by atoms with Crippen LogP contribution in [-0.4, -0.2) is 55.8 Å². The Balaban J connectivity index is 1.90. The fraction of sp³-hybridized carbons (Fsp3) is 0.522. The Morgan fingerprint density at radius 3 is 2.76 bits per heavy atom. The third-order valence-electron chi connectivity index (χ3n) is 5.61. The summed E-state index contributed by atoms with van der Waals surface area (Å²) in [6, 6.07) is 6.47. The van der Waals surface area contributed by atoms with Gasteiger partial charge < -0.3 is 15.8 Å². The zero-order valence-corrected chi connectivity index (χ0v) is 20.7. The van der Waals surface area contributed by atoms with Gasteiger partial charge in [-0.25, -0.2) is 4.98 Å². The third-order valence-corrected chi connectivity index (χ3v) is 6.26. The average molecular weight is 471 g/mol. The van der Waals surface area contributed by atoms with Crippen molar-refractivity contribution in [2.45, 2.75) is 58.4 Å². The summed E-state index contributed by atoms with van der Waals surface area (Å²) in [5.41, 5.74) is 10.1. The Labute approximate surface area is 199 Å². The van der Waals surface area contributed by atoms with Crippen molar-refractivity contribution in [2.75, 3.05) is 30.2 Å². The first-order valence-corrected chi connectivity index (χ1v) is 12.7. The highest BCUT2D eigenvalue weighted by Gasteiger charge is 2.18. The second-order valence-corrected chi connectivity index (χ2v) is 9.07. The maximum absolute atomic E-state index is 6.04. The lowest BCUT2D eigenvalue weighted by atomic mass is 9.99. The number of nitrogens with zero attached hydrogens (tertiary/aromatic N) is 5. The van der Waals surface area contributed by atoms with Gasteiger partial charge in [-0.05, 0) is 49.0 Å². The van der Waals surface area contributed by atoms with Crippen molar-refractivity contribution < 1.29 is 4.74 Å². The van der Waals surface area contributed by atoms with Crippen LogP contribution in [0.1, 0.15) is 60.8 Å². The molecule has 1 aromatic carbocycles. The molecule has 3 rings (SSSR count). The molecular formula is C23H34N8OS. The van der Waals surface area contributed by atoms with Crippen LogP contribution in [0, 0.1) is 6.92 Å². The van der Waals surface area contributed by atoms with E-state index in [2.05, 4.69) is 55.2 Å². The largest absolute Gasteiger partial charge is 0.496 e. The number of hydrogen-bond acceptors (Lipinski definition) is 9. The molecule has 0 amide bonds. The normalized spacial score (nSPS) is 12.0. The maximum atomic E-state index is 6.04. The quantitative estimate of drug-likeness (QED) is 0.342. The number of thioether (sulfide) groups is 1. The lowest BCUT2D eigenvalue weighted by molar-refractivity contribution is 0.410. The summed E-state index contributed by atoms with van der Waals surface area (Å²) in [4.78, 5) is 9.05. The SMILES string of the molecule is CCCC[C@@H](CCSC)Nc1nc(N)nc(C)c1Cc1cc(Cc2nn[nH]n2)ccc1OC. The van der Waals surface area contributed by atoms with E-state index in [1.54, 1.807) is 7.11 Å². The van der Waals surface area contributed by atoms with Crippen LogP contribution in [0.3, 0.4) is 0 Å². The molecular weight excluding hydrogens is 436 g/mol. The number of aryl methyl sites for hydroxylation is 1. The van der Waals surface area contributed by atoms with Crippen LogP contribution in [0.25, 0.3) is 0 Å². The zero-order valence-electron chi connectivity index (χ0n) is 19.9. The number of H-pyrrole nitrogens is 1. The van der Waals surface area contributed by atoms with Crippen LogP contribution in [0.5, 0.6) is 5.75 Å². The first kappa shape index (κ1) is 24.8. The molecule has 0 aliphatic rings. The molecule has 0 fully saturated rings. The van der Waals surface area contributed by atoms with Crippen LogP contribution in [0.4, 0.5) is 11.8 Å². The van der Waals surface area contributed by atoms with Crippen molar-refractivity contribution in [3.8, 4) is 5.75 Å². The number of tetrazole rings is 1. The number of nitrogens with two attached hydrogens (primary N) is 1. The molecule has 2 heterocycles. The zero-order chi connectivity index (χ0) is 23.6. The minimum Gasteiger partial charge on any atom is -0.496 e. The lowest BCUT2D eigenvalue weighted by Crippen LogP contribution is -2.23. The Morgan fingerprint density at radius 2 is 2.06 bits per heavy atom. The van der Waals surface area contributed by atoms with Crippen molar-refractivity contribution in [3.63, 3.8) is 0 Å². The molecule has 178 valence electrons. The van der Waals surface area contributed by atoms with Crippen molar-refractivity contribution in [1.29, 1.82) is 0 Å². The van der Waals surface area contributed by atoms with Gasteiger partial charge in [-0.2, -0.15) is 22.0 Å². The van der Waals surface area contributed by atoms with E-state index in [-0.39, 0.29) is 5.95 Å². The summed E-state index contributed by atoms with van der Waals surface area (Å²) in [5.74, 6) is 3.66. The molecule has 0 saturated heterocycles. The van der Waals surface area contributed by atoms with Gasteiger partial charge in [0.25, 0.3) is 0 Å². The van der Waals surface area contributed by atoms with Gasteiger partial charge in [0.1, 0.15) is 11.6 Å². The molecule has 1 atom stereocenters. The smallest absolute Gasteiger partial charge is 0.222 e.